The molecule has 30 heavy (non-hydrogen) atoms. The predicted octanol–water partition coefficient (Wildman–Crippen LogP) is 6.31. The van der Waals surface area contributed by atoms with E-state index in [4.69, 9.17) is 11.6 Å². The monoisotopic (exact) mass is 421 g/mol. The van der Waals surface area contributed by atoms with Crippen molar-refractivity contribution in [2.45, 2.75) is 52.5 Å². The first-order valence-corrected chi connectivity index (χ1v) is 10.6. The molecule has 156 valence electrons. The Labute approximate surface area is 184 Å². The van der Waals surface area contributed by atoms with Crippen molar-refractivity contribution >= 4 is 35.0 Å². The Hall–Kier alpha value is -2.77. The average Bonchev–Trinajstić information content (AvgIpc) is 2.68. The summed E-state index contributed by atoms with van der Waals surface area (Å²) in [6, 6.07) is 13.2. The number of amides is 1. The van der Waals surface area contributed by atoms with E-state index in [9.17, 15) is 10.1 Å². The summed E-state index contributed by atoms with van der Waals surface area (Å²) in [5.41, 5.74) is 5.24. The summed E-state index contributed by atoms with van der Waals surface area (Å²) in [5.74, 6) is -0.0275. The first kappa shape index (κ1) is 21.9. The van der Waals surface area contributed by atoms with E-state index < -0.39 is 5.91 Å². The number of aryl methyl sites for hydroxylation is 1. The highest BCUT2D eigenvalue weighted by Gasteiger charge is 2.35. The molecule has 0 fully saturated rings. The van der Waals surface area contributed by atoms with Gasteiger partial charge in [0.1, 0.15) is 11.6 Å². The molecule has 0 aromatic heterocycles. The smallest absolute Gasteiger partial charge is 0.266 e. The van der Waals surface area contributed by atoms with E-state index in [1.54, 1.807) is 30.3 Å². The summed E-state index contributed by atoms with van der Waals surface area (Å²) >= 11 is 5.89. The van der Waals surface area contributed by atoms with Gasteiger partial charge < -0.3 is 10.2 Å². The van der Waals surface area contributed by atoms with Crippen LogP contribution in [0.4, 0.5) is 11.4 Å². The van der Waals surface area contributed by atoms with Crippen LogP contribution in [0.25, 0.3) is 6.08 Å². The second kappa shape index (κ2) is 8.53. The van der Waals surface area contributed by atoms with E-state index in [0.717, 1.165) is 24.1 Å². The zero-order chi connectivity index (χ0) is 22.1. The molecule has 1 aliphatic heterocycles. The number of nitrogens with one attached hydrogen (secondary N) is 1. The second-order valence-electron chi connectivity index (χ2n) is 8.56. The van der Waals surface area contributed by atoms with Crippen LogP contribution in [0.1, 0.15) is 56.7 Å². The van der Waals surface area contributed by atoms with Crippen molar-refractivity contribution in [3.63, 3.8) is 0 Å². The van der Waals surface area contributed by atoms with Gasteiger partial charge in [-0.2, -0.15) is 5.26 Å². The van der Waals surface area contributed by atoms with Crippen molar-refractivity contribution in [2.24, 2.45) is 0 Å². The zero-order valence-corrected chi connectivity index (χ0v) is 19.0. The lowest BCUT2D eigenvalue weighted by Crippen LogP contribution is -2.48. The fourth-order valence-electron chi connectivity index (χ4n) is 4.44. The van der Waals surface area contributed by atoms with Crippen molar-refractivity contribution in [3.8, 4) is 6.07 Å². The SMILES string of the molecule is CCN1c2cc(C)c(/C=C(/C#N)C(=O)Nc3ccc(Cl)cc3)cc2[C@@H](C)CC1(C)C. The Kier molecular flexibility index (Phi) is 6.24. The minimum Gasteiger partial charge on any atom is -0.366 e. The van der Waals surface area contributed by atoms with E-state index in [-0.39, 0.29) is 11.1 Å². The number of anilines is 2. The molecule has 1 N–H and O–H groups in total. The van der Waals surface area contributed by atoms with Crippen molar-refractivity contribution in [2.75, 3.05) is 16.8 Å². The van der Waals surface area contributed by atoms with Crippen LogP contribution >= 0.6 is 11.6 Å². The van der Waals surface area contributed by atoms with Crippen LogP contribution in [0.15, 0.2) is 42.0 Å². The van der Waals surface area contributed by atoms with Crippen molar-refractivity contribution in [1.82, 2.24) is 0 Å². The maximum absolute atomic E-state index is 12.6. The summed E-state index contributed by atoms with van der Waals surface area (Å²) in [5, 5.41) is 13.0. The van der Waals surface area contributed by atoms with Crippen LogP contribution in [0, 0.1) is 18.3 Å². The molecule has 0 radical (unpaired) electrons. The van der Waals surface area contributed by atoms with Gasteiger partial charge in [-0.15, -0.1) is 0 Å². The molecule has 1 heterocycles. The predicted molar refractivity (Wildman–Crippen MR) is 125 cm³/mol. The summed E-state index contributed by atoms with van der Waals surface area (Å²) in [6.45, 7) is 12.0. The fourth-order valence-corrected chi connectivity index (χ4v) is 4.57. The molecular weight excluding hydrogens is 394 g/mol. The Balaban J connectivity index is 1.96. The Morgan fingerprint density at radius 1 is 1.33 bits per heavy atom. The van der Waals surface area contributed by atoms with E-state index in [1.807, 2.05) is 13.0 Å². The molecule has 5 heteroatoms. The highest BCUT2D eigenvalue weighted by atomic mass is 35.5. The number of fused-ring (bicyclic) bond motifs is 1. The van der Waals surface area contributed by atoms with Gasteiger partial charge >= 0.3 is 0 Å². The van der Waals surface area contributed by atoms with Gasteiger partial charge in [0.15, 0.2) is 0 Å². The van der Waals surface area contributed by atoms with E-state index in [0.29, 0.717) is 16.6 Å². The number of nitriles is 1. The number of hydrogen-bond acceptors (Lipinski definition) is 3. The largest absolute Gasteiger partial charge is 0.366 e. The molecule has 1 aliphatic rings. The molecule has 0 saturated carbocycles. The first-order valence-electron chi connectivity index (χ1n) is 10.3. The lowest BCUT2D eigenvalue weighted by Gasteiger charge is -2.47. The first-order chi connectivity index (χ1) is 14.2. The summed E-state index contributed by atoms with van der Waals surface area (Å²) in [6.07, 6.45) is 2.74. The van der Waals surface area contributed by atoms with Gasteiger partial charge in [0.05, 0.1) is 0 Å². The van der Waals surface area contributed by atoms with Gasteiger partial charge in [0.25, 0.3) is 5.91 Å². The van der Waals surface area contributed by atoms with E-state index in [1.165, 1.54) is 11.3 Å². The van der Waals surface area contributed by atoms with Crippen molar-refractivity contribution in [3.05, 3.63) is 63.7 Å². The lowest BCUT2D eigenvalue weighted by molar-refractivity contribution is -0.112. The van der Waals surface area contributed by atoms with Gasteiger partial charge in [-0.1, -0.05) is 18.5 Å². The third-order valence-corrected chi connectivity index (χ3v) is 6.11. The summed E-state index contributed by atoms with van der Waals surface area (Å²) < 4.78 is 0. The Morgan fingerprint density at radius 3 is 2.60 bits per heavy atom. The normalized spacial score (nSPS) is 17.8. The van der Waals surface area contributed by atoms with Gasteiger partial charge in [-0.25, -0.2) is 0 Å². The third-order valence-electron chi connectivity index (χ3n) is 5.86. The van der Waals surface area contributed by atoms with E-state index >= 15 is 0 Å². The van der Waals surface area contributed by atoms with Crippen LogP contribution < -0.4 is 10.2 Å². The quantitative estimate of drug-likeness (QED) is 0.465. The molecule has 3 rings (SSSR count). The standard InChI is InChI=1S/C25H28ClN3O/c1-6-29-23-11-16(2)18(13-22(23)17(3)14-25(29,4)5)12-19(15-27)24(30)28-21-9-7-20(26)8-10-21/h7-13,17H,6,14H2,1-5H3,(H,28,30)/b19-12-/t17-/m0/s1. The molecule has 0 spiro atoms. The maximum Gasteiger partial charge on any atom is 0.266 e. The van der Waals surface area contributed by atoms with E-state index in [2.05, 4.69) is 50.0 Å². The topological polar surface area (TPSA) is 56.1 Å². The zero-order valence-electron chi connectivity index (χ0n) is 18.2. The van der Waals surface area contributed by atoms with Crippen molar-refractivity contribution in [1.29, 1.82) is 5.26 Å². The summed E-state index contributed by atoms with van der Waals surface area (Å²) in [4.78, 5) is 15.1. The minimum atomic E-state index is -0.429. The molecular formula is C25H28ClN3O. The Morgan fingerprint density at radius 2 is 2.00 bits per heavy atom. The van der Waals surface area contributed by atoms with Crippen LogP contribution in [-0.2, 0) is 4.79 Å². The van der Waals surface area contributed by atoms with Gasteiger partial charge in [-0.05, 0) is 99.2 Å². The van der Waals surface area contributed by atoms with Crippen LogP contribution in [-0.4, -0.2) is 18.0 Å². The molecule has 4 nitrogen and oxygen atoms in total. The van der Waals surface area contributed by atoms with Gasteiger partial charge in [0, 0.05) is 28.5 Å². The number of nitrogens with zero attached hydrogens (tertiary/aromatic N) is 2. The highest BCUT2D eigenvalue weighted by molar-refractivity contribution is 6.30. The molecule has 0 aliphatic carbocycles. The lowest BCUT2D eigenvalue weighted by atomic mass is 9.79. The average molecular weight is 422 g/mol. The highest BCUT2D eigenvalue weighted by Crippen LogP contribution is 2.44. The number of rotatable bonds is 4. The number of hydrogen-bond donors (Lipinski definition) is 1. The van der Waals surface area contributed by atoms with Crippen LogP contribution in [0.5, 0.6) is 0 Å². The van der Waals surface area contributed by atoms with Gasteiger partial charge in [-0.3, -0.25) is 4.79 Å². The number of benzene rings is 2. The van der Waals surface area contributed by atoms with Crippen molar-refractivity contribution < 1.29 is 4.79 Å². The molecule has 1 atom stereocenters. The van der Waals surface area contributed by atoms with Crippen LogP contribution in [0.3, 0.4) is 0 Å². The molecule has 1 amide bonds. The minimum absolute atomic E-state index is 0.0733. The second-order valence-corrected chi connectivity index (χ2v) is 9.00. The fraction of sp³-hybridized carbons (Fsp3) is 0.360. The third kappa shape index (κ3) is 4.37. The number of carbonyl (C=O) groups is 1. The van der Waals surface area contributed by atoms with Gasteiger partial charge in [0.2, 0.25) is 0 Å². The number of halogens is 1. The molecule has 0 bridgehead atoms. The molecule has 2 aromatic rings. The molecule has 2 aromatic carbocycles. The molecule has 0 saturated heterocycles. The Bertz CT molecular complexity index is 1030. The van der Waals surface area contributed by atoms with Crippen LogP contribution in [0.2, 0.25) is 5.02 Å². The maximum atomic E-state index is 12.6. The molecule has 0 unspecified atom stereocenters. The summed E-state index contributed by atoms with van der Waals surface area (Å²) in [7, 11) is 0. The number of carbonyl (C=O) groups excluding carboxylic acids is 1.